The number of carbonyl (C=O) groups excluding carboxylic acids is 2. The number of hydrogen-bond donors (Lipinski definition) is 0. The summed E-state index contributed by atoms with van der Waals surface area (Å²) in [6, 6.07) is 12.7. The molecule has 2 aromatic carbocycles. The lowest BCUT2D eigenvalue weighted by Gasteiger charge is -2.31. The summed E-state index contributed by atoms with van der Waals surface area (Å²) >= 11 is 0. The van der Waals surface area contributed by atoms with E-state index < -0.39 is 0 Å². The van der Waals surface area contributed by atoms with E-state index in [-0.39, 0.29) is 17.6 Å². The van der Waals surface area contributed by atoms with Crippen molar-refractivity contribution in [3.8, 4) is 17.2 Å². The normalized spacial score (nSPS) is 16.4. The van der Waals surface area contributed by atoms with Gasteiger partial charge in [-0.25, -0.2) is 0 Å². The van der Waals surface area contributed by atoms with Crippen LogP contribution < -0.4 is 14.2 Å². The van der Waals surface area contributed by atoms with E-state index in [2.05, 4.69) is 0 Å². The molecule has 0 bridgehead atoms. The number of benzene rings is 2. The summed E-state index contributed by atoms with van der Waals surface area (Å²) in [5.74, 6) is 1.49. The maximum atomic E-state index is 13.0. The molecular formula is C24H27NO5. The van der Waals surface area contributed by atoms with Crippen molar-refractivity contribution in [3.05, 3.63) is 59.7 Å². The largest absolute Gasteiger partial charge is 0.496 e. The molecule has 0 spiro atoms. The van der Waals surface area contributed by atoms with Crippen molar-refractivity contribution in [1.82, 2.24) is 4.90 Å². The maximum Gasteiger partial charge on any atom is 0.246 e. The lowest BCUT2D eigenvalue weighted by molar-refractivity contribution is -0.127. The zero-order valence-corrected chi connectivity index (χ0v) is 17.6. The smallest absolute Gasteiger partial charge is 0.246 e. The van der Waals surface area contributed by atoms with Crippen molar-refractivity contribution in [2.75, 3.05) is 34.4 Å². The Bertz CT molecular complexity index is 937. The molecule has 6 nitrogen and oxygen atoms in total. The van der Waals surface area contributed by atoms with Crippen LogP contribution in [0.4, 0.5) is 0 Å². The van der Waals surface area contributed by atoms with Crippen LogP contribution in [0, 0.1) is 5.92 Å². The summed E-state index contributed by atoms with van der Waals surface area (Å²) in [6.45, 7) is 1.05. The molecule has 0 N–H and O–H groups in total. The summed E-state index contributed by atoms with van der Waals surface area (Å²) in [5.41, 5.74) is 1.40. The number of ether oxygens (including phenoxy) is 3. The second-order valence-corrected chi connectivity index (χ2v) is 7.14. The van der Waals surface area contributed by atoms with Gasteiger partial charge in [0, 0.05) is 25.1 Å². The van der Waals surface area contributed by atoms with Crippen molar-refractivity contribution >= 4 is 17.8 Å². The van der Waals surface area contributed by atoms with Crippen LogP contribution in [-0.2, 0) is 4.79 Å². The minimum absolute atomic E-state index is 0.0221. The maximum absolute atomic E-state index is 13.0. The number of nitrogens with zero attached hydrogens (tertiary/aromatic N) is 1. The Kier molecular flexibility index (Phi) is 7.12. The fourth-order valence-corrected chi connectivity index (χ4v) is 3.69. The predicted molar refractivity (Wildman–Crippen MR) is 115 cm³/mol. The Morgan fingerprint density at radius 2 is 1.70 bits per heavy atom. The fourth-order valence-electron chi connectivity index (χ4n) is 3.69. The highest BCUT2D eigenvalue weighted by atomic mass is 16.5. The highest BCUT2D eigenvalue weighted by Crippen LogP contribution is 2.29. The van der Waals surface area contributed by atoms with Gasteiger partial charge in [0.05, 0.1) is 26.9 Å². The Balaban J connectivity index is 1.68. The molecule has 6 heteroatoms. The van der Waals surface area contributed by atoms with E-state index in [1.54, 1.807) is 50.5 Å². The minimum Gasteiger partial charge on any atom is -0.496 e. The van der Waals surface area contributed by atoms with Gasteiger partial charge >= 0.3 is 0 Å². The number of methoxy groups -OCH3 is 3. The van der Waals surface area contributed by atoms with Gasteiger partial charge in [0.15, 0.2) is 17.3 Å². The van der Waals surface area contributed by atoms with Crippen LogP contribution in [-0.4, -0.2) is 51.0 Å². The molecule has 0 saturated carbocycles. The summed E-state index contributed by atoms with van der Waals surface area (Å²) in [7, 11) is 4.71. The first-order valence-corrected chi connectivity index (χ1v) is 9.93. The van der Waals surface area contributed by atoms with Gasteiger partial charge in [0.2, 0.25) is 5.91 Å². The summed E-state index contributed by atoms with van der Waals surface area (Å²) < 4.78 is 15.9. The van der Waals surface area contributed by atoms with Crippen LogP contribution in [0.2, 0.25) is 0 Å². The SMILES string of the molecule is COc1ccc(C=CC(=O)N2CCCC(C(=O)c3ccccc3OC)C2)cc1OC. The van der Waals surface area contributed by atoms with E-state index in [0.717, 1.165) is 18.4 Å². The monoisotopic (exact) mass is 409 g/mol. The molecule has 0 aromatic heterocycles. The predicted octanol–water partition coefficient (Wildman–Crippen LogP) is 3.85. The van der Waals surface area contributed by atoms with Gasteiger partial charge in [-0.2, -0.15) is 0 Å². The van der Waals surface area contributed by atoms with Gasteiger partial charge in [0.1, 0.15) is 5.75 Å². The van der Waals surface area contributed by atoms with E-state index in [0.29, 0.717) is 35.9 Å². The Morgan fingerprint density at radius 3 is 2.43 bits per heavy atom. The average Bonchev–Trinajstić information content (AvgIpc) is 2.81. The molecule has 1 fully saturated rings. The molecule has 1 aliphatic rings. The van der Waals surface area contributed by atoms with Crippen LogP contribution in [0.25, 0.3) is 6.08 Å². The lowest BCUT2D eigenvalue weighted by Crippen LogP contribution is -2.41. The first-order valence-electron chi connectivity index (χ1n) is 9.93. The number of hydrogen-bond acceptors (Lipinski definition) is 5. The number of para-hydroxylation sites is 1. The summed E-state index contributed by atoms with van der Waals surface area (Å²) in [4.78, 5) is 27.5. The van der Waals surface area contributed by atoms with Crippen molar-refractivity contribution in [1.29, 1.82) is 0 Å². The molecule has 1 atom stereocenters. The second-order valence-electron chi connectivity index (χ2n) is 7.14. The van der Waals surface area contributed by atoms with Crippen LogP contribution in [0.1, 0.15) is 28.8 Å². The highest BCUT2D eigenvalue weighted by Gasteiger charge is 2.29. The molecule has 30 heavy (non-hydrogen) atoms. The minimum atomic E-state index is -0.228. The lowest BCUT2D eigenvalue weighted by atomic mass is 9.89. The van der Waals surface area contributed by atoms with E-state index >= 15 is 0 Å². The number of piperidine rings is 1. The van der Waals surface area contributed by atoms with Crippen molar-refractivity contribution in [2.45, 2.75) is 12.8 Å². The van der Waals surface area contributed by atoms with E-state index in [9.17, 15) is 9.59 Å². The van der Waals surface area contributed by atoms with Gasteiger partial charge in [-0.1, -0.05) is 18.2 Å². The number of rotatable bonds is 7. The molecular weight excluding hydrogens is 382 g/mol. The van der Waals surface area contributed by atoms with E-state index in [1.165, 1.54) is 6.08 Å². The molecule has 158 valence electrons. The van der Waals surface area contributed by atoms with Crippen LogP contribution >= 0.6 is 0 Å². The molecule has 1 heterocycles. The third-order valence-electron chi connectivity index (χ3n) is 5.30. The fraction of sp³-hybridized carbons (Fsp3) is 0.333. The Labute approximate surface area is 177 Å². The van der Waals surface area contributed by atoms with Crippen molar-refractivity contribution in [3.63, 3.8) is 0 Å². The first-order chi connectivity index (χ1) is 14.6. The molecule has 0 radical (unpaired) electrons. The van der Waals surface area contributed by atoms with Gasteiger partial charge in [0.25, 0.3) is 0 Å². The number of likely N-dealkylation sites (tertiary alicyclic amines) is 1. The second kappa shape index (κ2) is 9.96. The quantitative estimate of drug-likeness (QED) is 0.513. The molecule has 1 unspecified atom stereocenters. The Hall–Kier alpha value is -3.28. The topological polar surface area (TPSA) is 65.1 Å². The molecule has 1 saturated heterocycles. The zero-order chi connectivity index (χ0) is 21.5. The number of Topliss-reactive ketones (excluding diaryl/α,β-unsaturated/α-hetero) is 1. The van der Waals surface area contributed by atoms with E-state index in [1.807, 2.05) is 24.3 Å². The average molecular weight is 409 g/mol. The van der Waals surface area contributed by atoms with Gasteiger partial charge < -0.3 is 19.1 Å². The summed E-state index contributed by atoms with van der Waals surface area (Å²) in [6.07, 6.45) is 4.84. The first kappa shape index (κ1) is 21.4. The number of amides is 1. The Morgan fingerprint density at radius 1 is 0.967 bits per heavy atom. The molecule has 3 rings (SSSR count). The third kappa shape index (κ3) is 4.82. The van der Waals surface area contributed by atoms with Crippen molar-refractivity contribution in [2.24, 2.45) is 5.92 Å². The molecule has 0 aliphatic carbocycles. The van der Waals surface area contributed by atoms with Gasteiger partial charge in [-0.05, 0) is 48.7 Å². The third-order valence-corrected chi connectivity index (χ3v) is 5.30. The van der Waals surface area contributed by atoms with Gasteiger partial charge in [-0.15, -0.1) is 0 Å². The van der Waals surface area contributed by atoms with Crippen LogP contribution in [0.3, 0.4) is 0 Å². The van der Waals surface area contributed by atoms with E-state index in [4.69, 9.17) is 14.2 Å². The zero-order valence-electron chi connectivity index (χ0n) is 17.6. The molecule has 1 amide bonds. The van der Waals surface area contributed by atoms with Crippen molar-refractivity contribution < 1.29 is 23.8 Å². The standard InChI is InChI=1S/C24H27NO5/c1-28-20-9-5-4-8-19(20)24(27)18-7-6-14-25(16-18)23(26)13-11-17-10-12-21(29-2)22(15-17)30-3/h4-5,8-13,15,18H,6-7,14,16H2,1-3H3. The van der Waals surface area contributed by atoms with Crippen LogP contribution in [0.15, 0.2) is 48.5 Å². The van der Waals surface area contributed by atoms with Gasteiger partial charge in [-0.3, -0.25) is 9.59 Å². The number of ketones is 1. The van der Waals surface area contributed by atoms with Crippen LogP contribution in [0.5, 0.6) is 17.2 Å². The highest BCUT2D eigenvalue weighted by molar-refractivity contribution is 6.01. The summed E-state index contributed by atoms with van der Waals surface area (Å²) in [5, 5.41) is 0. The molecule has 1 aliphatic heterocycles. The molecule has 2 aromatic rings. The number of carbonyl (C=O) groups is 2.